The first-order valence-electron chi connectivity index (χ1n) is 37.0. The minimum Gasteiger partial charge on any atom is -0.456 e. The summed E-state index contributed by atoms with van der Waals surface area (Å²) < 4.78 is 21.2. The number of hydrogen-bond acceptors (Lipinski definition) is 2. The van der Waals surface area contributed by atoms with Crippen LogP contribution in [0.3, 0.4) is 0 Å². The van der Waals surface area contributed by atoms with E-state index in [1.54, 1.807) is 0 Å². The molecule has 0 N–H and O–H groups in total. The molecular formula is C102H55N3O2. The standard InChI is InChI=1S/C102H55N3O2/c1-2-14-56(15-3-1)57-28-30-58(31-29-57)59-33-40-89-78(46-59)83-52-65-17-5-7-19-70(65)97-86-53-66(35-43-92(86)105(89)100(83)97)68-22-12-24-73-77(68)55-85-79-47-60(34-41-90(79)104-88-27-11-9-21-76(88)98(73)101(85)104)61-37-44-93-81(48-61)82-49-62(38-45-94(82)106-93)63-32-39-72-74-25-13-23-71(102(74)107-95(72)54-63)67-36-42-91-80(50-67)84-51-64-16-4-6-18-69(64)96-75-20-8-10-26-87(75)103(91)99(84)96/h1-55H. The fraction of sp³-hybridized carbons (Fsp3) is 0. The van der Waals surface area contributed by atoms with Gasteiger partial charge in [-0.3, -0.25) is 0 Å². The van der Waals surface area contributed by atoms with Crippen molar-refractivity contribution in [1.29, 1.82) is 0 Å². The molecule has 5 nitrogen and oxygen atoms in total. The number of furan rings is 2. The number of benzene rings is 18. The largest absolute Gasteiger partial charge is 0.456 e. The van der Waals surface area contributed by atoms with Gasteiger partial charge in [0.25, 0.3) is 0 Å². The second-order valence-electron chi connectivity index (χ2n) is 29.7. The zero-order chi connectivity index (χ0) is 69.2. The zero-order valence-electron chi connectivity index (χ0n) is 57.4. The van der Waals surface area contributed by atoms with Crippen LogP contribution < -0.4 is 0 Å². The van der Waals surface area contributed by atoms with Gasteiger partial charge >= 0.3 is 0 Å². The molecule has 0 aliphatic carbocycles. The van der Waals surface area contributed by atoms with Crippen molar-refractivity contribution in [2.75, 3.05) is 0 Å². The predicted molar refractivity (Wildman–Crippen MR) is 450 cm³/mol. The molecule has 0 amide bonds. The Morgan fingerprint density at radius 3 is 1.16 bits per heavy atom. The molecule has 26 aromatic rings. The molecule has 0 saturated heterocycles. The van der Waals surface area contributed by atoms with Gasteiger partial charge in [0.15, 0.2) is 0 Å². The van der Waals surface area contributed by atoms with Crippen LogP contribution in [0.15, 0.2) is 342 Å². The monoisotopic (exact) mass is 1350 g/mol. The second kappa shape index (κ2) is 20.3. The minimum atomic E-state index is 0.858. The molecular weight excluding hydrogens is 1300 g/mol. The first-order valence-corrected chi connectivity index (χ1v) is 37.0. The number of rotatable bonds is 6. The Hall–Kier alpha value is -14.3. The van der Waals surface area contributed by atoms with E-state index >= 15 is 0 Å². The van der Waals surface area contributed by atoms with Crippen LogP contribution in [0.5, 0.6) is 0 Å². The van der Waals surface area contributed by atoms with Gasteiger partial charge in [-0.15, -0.1) is 0 Å². The molecule has 107 heavy (non-hydrogen) atoms. The van der Waals surface area contributed by atoms with Crippen molar-refractivity contribution in [3.8, 4) is 66.8 Å². The fourth-order valence-corrected chi connectivity index (χ4v) is 19.6. The number of fused-ring (bicyclic) bond motifs is 30. The topological polar surface area (TPSA) is 39.5 Å². The van der Waals surface area contributed by atoms with Crippen LogP contribution in [0.4, 0.5) is 0 Å². The van der Waals surface area contributed by atoms with Crippen LogP contribution in [0.25, 0.3) is 257 Å². The normalized spacial score (nSPS) is 12.7. The van der Waals surface area contributed by atoms with E-state index in [2.05, 4.69) is 347 Å². The van der Waals surface area contributed by atoms with E-state index in [-0.39, 0.29) is 0 Å². The molecule has 0 spiro atoms. The van der Waals surface area contributed by atoms with Crippen LogP contribution in [-0.4, -0.2) is 13.2 Å². The van der Waals surface area contributed by atoms with Crippen molar-refractivity contribution >= 4 is 190 Å². The van der Waals surface area contributed by atoms with E-state index < -0.39 is 0 Å². The second-order valence-corrected chi connectivity index (χ2v) is 29.7. The average molecular weight is 1350 g/mol. The van der Waals surface area contributed by atoms with Gasteiger partial charge in [-0.25, -0.2) is 0 Å². The summed E-state index contributed by atoms with van der Waals surface area (Å²) in [6.45, 7) is 0. The lowest BCUT2D eigenvalue weighted by molar-refractivity contribution is 0.669. The molecule has 0 aliphatic rings. The van der Waals surface area contributed by atoms with Gasteiger partial charge in [0.05, 0.1) is 49.7 Å². The molecule has 490 valence electrons. The third-order valence-corrected chi connectivity index (χ3v) is 24.4. The molecule has 18 aromatic carbocycles. The summed E-state index contributed by atoms with van der Waals surface area (Å²) in [4.78, 5) is 0. The summed E-state index contributed by atoms with van der Waals surface area (Å²) in [5.74, 6) is 0. The Balaban J connectivity index is 0.581. The number of nitrogens with zero attached hydrogens (tertiary/aromatic N) is 3. The molecule has 0 saturated carbocycles. The Labute approximate surface area is 609 Å². The summed E-state index contributed by atoms with van der Waals surface area (Å²) in [7, 11) is 0. The molecule has 0 aliphatic heterocycles. The Kier molecular flexibility index (Phi) is 10.7. The van der Waals surface area contributed by atoms with E-state index in [1.807, 2.05) is 0 Å². The highest BCUT2D eigenvalue weighted by Crippen LogP contribution is 2.51. The van der Waals surface area contributed by atoms with Gasteiger partial charge in [-0.2, -0.15) is 0 Å². The molecule has 0 unspecified atom stereocenters. The minimum absolute atomic E-state index is 0.858. The maximum absolute atomic E-state index is 7.03. The Morgan fingerprint density at radius 2 is 0.551 bits per heavy atom. The average Bonchev–Trinajstić information content (AvgIpc) is 1.54. The fourth-order valence-electron chi connectivity index (χ4n) is 19.6. The first-order chi connectivity index (χ1) is 53.0. The molecule has 26 rings (SSSR count). The maximum Gasteiger partial charge on any atom is 0.143 e. The van der Waals surface area contributed by atoms with E-state index in [0.717, 1.165) is 77.3 Å². The smallest absolute Gasteiger partial charge is 0.143 e. The van der Waals surface area contributed by atoms with Gasteiger partial charge in [0.1, 0.15) is 22.3 Å². The first kappa shape index (κ1) is 56.3. The Bertz CT molecular complexity index is 8430. The lowest BCUT2D eigenvalue weighted by atomic mass is 9.92. The molecule has 0 atom stereocenters. The third kappa shape index (κ3) is 7.46. The number of aromatic nitrogens is 3. The van der Waals surface area contributed by atoms with Crippen molar-refractivity contribution < 1.29 is 8.83 Å². The van der Waals surface area contributed by atoms with Crippen LogP contribution in [0.1, 0.15) is 0 Å². The molecule has 0 fully saturated rings. The van der Waals surface area contributed by atoms with Crippen molar-refractivity contribution in [3.05, 3.63) is 334 Å². The van der Waals surface area contributed by atoms with Gasteiger partial charge in [-0.1, -0.05) is 218 Å². The summed E-state index contributed by atoms with van der Waals surface area (Å²) in [6, 6.07) is 124. The van der Waals surface area contributed by atoms with Crippen LogP contribution in [-0.2, 0) is 0 Å². The summed E-state index contributed by atoms with van der Waals surface area (Å²) in [5.41, 5.74) is 28.6. The van der Waals surface area contributed by atoms with Gasteiger partial charge in [-0.05, 0) is 209 Å². The lowest BCUT2D eigenvalue weighted by Gasteiger charge is -2.11. The van der Waals surface area contributed by atoms with Crippen LogP contribution in [0, 0.1) is 0 Å². The van der Waals surface area contributed by atoms with E-state index in [9.17, 15) is 0 Å². The van der Waals surface area contributed by atoms with Gasteiger partial charge in [0.2, 0.25) is 0 Å². The Morgan fingerprint density at radius 1 is 0.168 bits per heavy atom. The van der Waals surface area contributed by atoms with Crippen molar-refractivity contribution in [2.24, 2.45) is 0 Å². The van der Waals surface area contributed by atoms with Crippen molar-refractivity contribution in [3.63, 3.8) is 0 Å². The van der Waals surface area contributed by atoms with E-state index in [4.69, 9.17) is 8.83 Å². The lowest BCUT2D eigenvalue weighted by Crippen LogP contribution is -1.85. The highest BCUT2D eigenvalue weighted by molar-refractivity contribution is 6.36. The van der Waals surface area contributed by atoms with Crippen LogP contribution in [0.2, 0.25) is 0 Å². The SMILES string of the molecule is c1ccc(-c2ccc(-c3ccc4c(c3)c3cc5ccccc5c5c6cc(-c7cccc8c7cc7c9cc(-c%10ccc%11oc%12ccc(-c%13ccc%14c(c%13)oc%13c(-c%15ccc%16c(c%15)c%15cc%17ccccc%17c%17c%18ccccc%18n%16c%15%17)cccc%13%14)cc%12c%11c%10)ccc9n9c%10ccccc%10c8c79)ccc6n4c35)cc2)cc1. The van der Waals surface area contributed by atoms with Gasteiger partial charge < -0.3 is 22.0 Å². The third-order valence-electron chi connectivity index (χ3n) is 24.4. The number of para-hydroxylation sites is 3. The van der Waals surface area contributed by atoms with Crippen molar-refractivity contribution in [2.45, 2.75) is 0 Å². The molecule has 8 heterocycles. The molecule has 0 radical (unpaired) electrons. The van der Waals surface area contributed by atoms with E-state index in [1.165, 1.54) is 180 Å². The number of hydrogen-bond donors (Lipinski definition) is 0. The highest BCUT2D eigenvalue weighted by atomic mass is 16.3. The summed E-state index contributed by atoms with van der Waals surface area (Å²) in [5, 5.41) is 27.2. The molecule has 5 heteroatoms. The van der Waals surface area contributed by atoms with Gasteiger partial charge in [0, 0.05) is 91.7 Å². The summed E-state index contributed by atoms with van der Waals surface area (Å²) >= 11 is 0. The van der Waals surface area contributed by atoms with Crippen molar-refractivity contribution in [1.82, 2.24) is 13.2 Å². The van der Waals surface area contributed by atoms with Crippen LogP contribution >= 0.6 is 0 Å². The quantitative estimate of drug-likeness (QED) is 0.166. The van der Waals surface area contributed by atoms with E-state index in [0.29, 0.717) is 0 Å². The highest BCUT2D eigenvalue weighted by Gasteiger charge is 2.27. The molecule has 8 aromatic heterocycles. The zero-order valence-corrected chi connectivity index (χ0v) is 57.4. The predicted octanol–water partition coefficient (Wildman–Crippen LogP) is 28.4. The maximum atomic E-state index is 7.03. The summed E-state index contributed by atoms with van der Waals surface area (Å²) in [6.07, 6.45) is 0. The molecule has 0 bridgehead atoms.